The van der Waals surface area contributed by atoms with Gasteiger partial charge in [0.2, 0.25) is 11.7 Å². The summed E-state index contributed by atoms with van der Waals surface area (Å²) in [4.78, 5) is 23.2. The van der Waals surface area contributed by atoms with Gasteiger partial charge in [-0.2, -0.15) is 0 Å². The van der Waals surface area contributed by atoms with E-state index in [1.54, 1.807) is 18.2 Å². The zero-order valence-corrected chi connectivity index (χ0v) is 14.8. The van der Waals surface area contributed by atoms with Crippen LogP contribution in [0.2, 0.25) is 0 Å². The number of nitrogens with zero attached hydrogens (tertiary/aromatic N) is 1. The molecule has 138 valence electrons. The molecule has 26 heavy (non-hydrogen) atoms. The van der Waals surface area contributed by atoms with Crippen LogP contribution in [-0.2, 0) is 17.9 Å². The predicted octanol–water partition coefficient (Wildman–Crippen LogP) is 2.87. The Morgan fingerprint density at radius 1 is 1.23 bits per heavy atom. The number of carbonyl (C=O) groups is 2. The number of benzene rings is 1. The molecule has 0 aliphatic heterocycles. The van der Waals surface area contributed by atoms with E-state index >= 15 is 0 Å². The van der Waals surface area contributed by atoms with Crippen molar-refractivity contribution in [3.63, 3.8) is 0 Å². The van der Waals surface area contributed by atoms with Gasteiger partial charge in [-0.05, 0) is 24.5 Å². The fourth-order valence-electron chi connectivity index (χ4n) is 2.65. The second kappa shape index (κ2) is 8.31. The van der Waals surface area contributed by atoms with Crippen molar-refractivity contribution in [2.24, 2.45) is 0 Å². The fraction of sp³-hybridized carbons (Fsp3) is 0.389. The molecule has 1 aromatic carbocycles. The van der Waals surface area contributed by atoms with Crippen molar-refractivity contribution < 1.29 is 18.5 Å². The summed E-state index contributed by atoms with van der Waals surface area (Å²) in [5, 5.41) is 9.12. The monoisotopic (exact) mass is 379 g/mol. The molecule has 0 saturated heterocycles. The number of hydrogen-bond acceptors (Lipinski definition) is 4. The van der Waals surface area contributed by atoms with Gasteiger partial charge in [0.05, 0.1) is 5.69 Å². The fourth-order valence-corrected chi connectivity index (χ4v) is 2.74. The van der Waals surface area contributed by atoms with Gasteiger partial charge in [0.15, 0.2) is 0 Å². The predicted molar refractivity (Wildman–Crippen MR) is 93.2 cm³/mol. The lowest BCUT2D eigenvalue weighted by Crippen LogP contribution is -2.24. The third kappa shape index (κ3) is 4.40. The topological polar surface area (TPSA) is 84.2 Å². The molecule has 1 aliphatic carbocycles. The van der Waals surface area contributed by atoms with Gasteiger partial charge in [-0.15, -0.1) is 11.6 Å². The minimum Gasteiger partial charge on any atom is -0.351 e. The number of aromatic nitrogens is 1. The first kappa shape index (κ1) is 18.4. The molecule has 2 aromatic rings. The average molecular weight is 380 g/mol. The molecule has 1 fully saturated rings. The molecule has 1 aliphatic rings. The van der Waals surface area contributed by atoms with Crippen LogP contribution in [-0.4, -0.2) is 22.9 Å². The number of halogens is 2. The van der Waals surface area contributed by atoms with Gasteiger partial charge >= 0.3 is 0 Å². The second-order valence-corrected chi connectivity index (χ2v) is 6.53. The Morgan fingerprint density at radius 2 is 2.04 bits per heavy atom. The number of alkyl halides is 1. The molecule has 2 N–H and O–H groups in total. The minimum atomic E-state index is -0.462. The molecule has 0 spiro atoms. The maximum atomic E-state index is 14.1. The standard InChI is InChI=1S/C18H19ClFN3O3/c19-8-17(24)21-9-11-4-5-13(14(20)6-11)10-22-18(25)16-7-15(23-26-16)12-2-1-3-12/h4-7,12H,1-3,8-10H2,(H,21,24)(H,22,25). The van der Waals surface area contributed by atoms with Crippen molar-refractivity contribution in [1.29, 1.82) is 0 Å². The first-order valence-electron chi connectivity index (χ1n) is 8.41. The molecular weight excluding hydrogens is 361 g/mol. The number of nitrogens with one attached hydrogen (secondary N) is 2. The zero-order valence-electron chi connectivity index (χ0n) is 14.1. The van der Waals surface area contributed by atoms with Crippen LogP contribution in [0, 0.1) is 5.82 Å². The normalized spacial score (nSPS) is 13.9. The molecule has 8 heteroatoms. The molecule has 0 radical (unpaired) electrons. The van der Waals surface area contributed by atoms with Crippen LogP contribution in [0.25, 0.3) is 0 Å². The van der Waals surface area contributed by atoms with Crippen LogP contribution in [0.3, 0.4) is 0 Å². The summed E-state index contributed by atoms with van der Waals surface area (Å²) >= 11 is 5.39. The van der Waals surface area contributed by atoms with Crippen molar-refractivity contribution >= 4 is 23.4 Å². The van der Waals surface area contributed by atoms with Gasteiger partial charge in [0.1, 0.15) is 11.7 Å². The van der Waals surface area contributed by atoms with Gasteiger partial charge in [-0.25, -0.2) is 4.39 Å². The molecule has 6 nitrogen and oxygen atoms in total. The number of amides is 2. The SMILES string of the molecule is O=C(CCl)NCc1ccc(CNC(=O)c2cc(C3CCC3)no2)c(F)c1. The lowest BCUT2D eigenvalue weighted by atomic mass is 9.83. The summed E-state index contributed by atoms with van der Waals surface area (Å²) in [5.74, 6) is -0.845. The van der Waals surface area contributed by atoms with Gasteiger partial charge < -0.3 is 15.2 Å². The summed E-state index contributed by atoms with van der Waals surface area (Å²) in [5.41, 5.74) is 1.75. The summed E-state index contributed by atoms with van der Waals surface area (Å²) in [6.07, 6.45) is 3.30. The van der Waals surface area contributed by atoms with Gasteiger partial charge in [0, 0.05) is 30.6 Å². The van der Waals surface area contributed by atoms with E-state index in [4.69, 9.17) is 16.1 Å². The number of hydrogen-bond donors (Lipinski definition) is 2. The van der Waals surface area contributed by atoms with Crippen molar-refractivity contribution in [1.82, 2.24) is 15.8 Å². The highest BCUT2D eigenvalue weighted by Crippen LogP contribution is 2.35. The van der Waals surface area contributed by atoms with Crippen LogP contribution in [0.5, 0.6) is 0 Å². The van der Waals surface area contributed by atoms with E-state index < -0.39 is 11.7 Å². The van der Waals surface area contributed by atoms with Gasteiger partial charge in [0.25, 0.3) is 5.91 Å². The molecule has 3 rings (SSSR count). The van der Waals surface area contributed by atoms with Crippen molar-refractivity contribution in [2.75, 3.05) is 5.88 Å². The van der Waals surface area contributed by atoms with Crippen LogP contribution in [0.15, 0.2) is 28.8 Å². The van der Waals surface area contributed by atoms with Gasteiger partial charge in [-0.3, -0.25) is 9.59 Å². The lowest BCUT2D eigenvalue weighted by molar-refractivity contribution is -0.118. The first-order valence-corrected chi connectivity index (χ1v) is 8.95. The van der Waals surface area contributed by atoms with Crippen LogP contribution in [0.1, 0.15) is 52.6 Å². The maximum absolute atomic E-state index is 14.1. The first-order chi connectivity index (χ1) is 12.6. The highest BCUT2D eigenvalue weighted by Gasteiger charge is 2.24. The van der Waals surface area contributed by atoms with Crippen molar-refractivity contribution in [2.45, 2.75) is 38.3 Å². The van der Waals surface area contributed by atoms with Crippen molar-refractivity contribution in [3.05, 3.63) is 52.7 Å². The largest absolute Gasteiger partial charge is 0.351 e. The van der Waals surface area contributed by atoms with E-state index in [9.17, 15) is 14.0 Å². The summed E-state index contributed by atoms with van der Waals surface area (Å²) < 4.78 is 19.2. The Balaban J connectivity index is 1.54. The van der Waals surface area contributed by atoms with E-state index in [2.05, 4.69) is 15.8 Å². The Bertz CT molecular complexity index is 805. The van der Waals surface area contributed by atoms with Crippen LogP contribution < -0.4 is 10.6 Å². The third-order valence-electron chi connectivity index (χ3n) is 4.44. The molecule has 0 unspecified atom stereocenters. The average Bonchev–Trinajstić information content (AvgIpc) is 3.06. The van der Waals surface area contributed by atoms with Crippen molar-refractivity contribution in [3.8, 4) is 0 Å². The molecule has 1 saturated carbocycles. The Kier molecular flexibility index (Phi) is 5.88. The van der Waals surface area contributed by atoms with E-state index in [0.29, 0.717) is 17.0 Å². The number of rotatable bonds is 7. The molecule has 1 aromatic heterocycles. The Labute approximate surface area is 155 Å². The Hall–Kier alpha value is -2.41. The second-order valence-electron chi connectivity index (χ2n) is 6.26. The van der Waals surface area contributed by atoms with E-state index in [0.717, 1.165) is 18.5 Å². The van der Waals surface area contributed by atoms with E-state index in [1.165, 1.54) is 12.5 Å². The third-order valence-corrected chi connectivity index (χ3v) is 4.69. The van der Waals surface area contributed by atoms with Crippen LogP contribution >= 0.6 is 11.6 Å². The Morgan fingerprint density at radius 3 is 2.69 bits per heavy atom. The summed E-state index contributed by atoms with van der Waals surface area (Å²) in [6.45, 7) is 0.218. The summed E-state index contributed by atoms with van der Waals surface area (Å²) in [6, 6.07) is 6.22. The highest BCUT2D eigenvalue weighted by atomic mass is 35.5. The summed E-state index contributed by atoms with van der Waals surface area (Å²) in [7, 11) is 0. The zero-order chi connectivity index (χ0) is 18.5. The molecule has 0 bridgehead atoms. The maximum Gasteiger partial charge on any atom is 0.290 e. The minimum absolute atomic E-state index is 0.0262. The molecular formula is C18H19ClFN3O3. The van der Waals surface area contributed by atoms with Gasteiger partial charge in [-0.1, -0.05) is 23.7 Å². The lowest BCUT2D eigenvalue weighted by Gasteiger charge is -2.22. The van der Waals surface area contributed by atoms with E-state index in [-0.39, 0.29) is 30.6 Å². The molecule has 0 atom stereocenters. The van der Waals surface area contributed by atoms with Crippen LogP contribution in [0.4, 0.5) is 4.39 Å². The quantitative estimate of drug-likeness (QED) is 0.724. The highest BCUT2D eigenvalue weighted by molar-refractivity contribution is 6.27. The van der Waals surface area contributed by atoms with E-state index in [1.807, 2.05) is 0 Å². The smallest absolute Gasteiger partial charge is 0.290 e. The molecule has 2 amide bonds. The molecule has 1 heterocycles. The number of carbonyl (C=O) groups excluding carboxylic acids is 2.